The first kappa shape index (κ1) is 23.7. The Hall–Kier alpha value is -3.97. The van der Waals surface area contributed by atoms with Crippen LogP contribution >= 0.6 is 11.6 Å². The van der Waals surface area contributed by atoms with Gasteiger partial charge in [0.1, 0.15) is 5.82 Å². The number of hydrogen-bond acceptors (Lipinski definition) is 5. The molecule has 168 valence electrons. The van der Waals surface area contributed by atoms with Gasteiger partial charge in [-0.2, -0.15) is 5.10 Å². The topological polar surface area (TPSA) is 86.7 Å². The highest BCUT2D eigenvalue weighted by Crippen LogP contribution is 2.23. The highest BCUT2D eigenvalue weighted by molar-refractivity contribution is 6.31. The number of hydrogen-bond donors (Lipinski definition) is 2. The summed E-state index contributed by atoms with van der Waals surface area (Å²) < 4.78 is 0. The molecule has 1 aromatic heterocycles. The van der Waals surface area contributed by atoms with Crippen molar-refractivity contribution >= 4 is 47.2 Å². The molecular weight excluding hydrogens is 438 g/mol. The van der Waals surface area contributed by atoms with Gasteiger partial charge >= 0.3 is 0 Å². The van der Waals surface area contributed by atoms with Crippen molar-refractivity contribution in [3.63, 3.8) is 0 Å². The van der Waals surface area contributed by atoms with Crippen molar-refractivity contribution in [2.45, 2.75) is 6.92 Å². The Morgan fingerprint density at radius 3 is 2.42 bits per heavy atom. The fourth-order valence-corrected chi connectivity index (χ4v) is 2.93. The van der Waals surface area contributed by atoms with Crippen LogP contribution in [-0.4, -0.2) is 41.6 Å². The number of hydrazone groups is 1. The van der Waals surface area contributed by atoms with Crippen LogP contribution in [0, 0.1) is 0 Å². The first-order valence-electron chi connectivity index (χ1n) is 10.3. The number of amides is 2. The van der Waals surface area contributed by atoms with Gasteiger partial charge in [0.15, 0.2) is 0 Å². The van der Waals surface area contributed by atoms with E-state index in [0.29, 0.717) is 22.1 Å². The standard InChI is InChI=1S/C25H24ClN5O2/c1-4-17-8-13-23(27-15-17)30-25(33)21-14-20(26)11-12-22(21)29-24(32)19-9-6-18(7-10-19)16-28-31(3)5-2/h4,6-16H,1,5H2,2-3H3,(H,29,32)(H,27,30,33). The summed E-state index contributed by atoms with van der Waals surface area (Å²) >= 11 is 6.10. The molecule has 3 rings (SSSR count). The van der Waals surface area contributed by atoms with Crippen LogP contribution in [0.25, 0.3) is 6.08 Å². The molecule has 0 saturated heterocycles. The Labute approximate surface area is 197 Å². The lowest BCUT2D eigenvalue weighted by atomic mass is 10.1. The van der Waals surface area contributed by atoms with Crippen molar-refractivity contribution in [2.24, 2.45) is 5.10 Å². The average Bonchev–Trinajstić information content (AvgIpc) is 2.84. The molecule has 0 saturated carbocycles. The fourth-order valence-electron chi connectivity index (χ4n) is 2.76. The van der Waals surface area contributed by atoms with Crippen molar-refractivity contribution in [1.29, 1.82) is 0 Å². The van der Waals surface area contributed by atoms with E-state index in [1.165, 1.54) is 6.07 Å². The highest BCUT2D eigenvalue weighted by Gasteiger charge is 2.16. The van der Waals surface area contributed by atoms with Gasteiger partial charge in [0.2, 0.25) is 0 Å². The Bertz CT molecular complexity index is 1170. The first-order valence-corrected chi connectivity index (χ1v) is 10.6. The molecule has 0 unspecified atom stereocenters. The average molecular weight is 462 g/mol. The molecule has 0 aliphatic rings. The van der Waals surface area contributed by atoms with Crippen molar-refractivity contribution in [1.82, 2.24) is 9.99 Å². The summed E-state index contributed by atoms with van der Waals surface area (Å²) in [6.45, 7) is 6.48. The zero-order valence-corrected chi connectivity index (χ0v) is 19.1. The van der Waals surface area contributed by atoms with Crippen LogP contribution < -0.4 is 10.6 Å². The van der Waals surface area contributed by atoms with E-state index in [-0.39, 0.29) is 11.5 Å². The van der Waals surface area contributed by atoms with Crippen LogP contribution in [0.5, 0.6) is 0 Å². The number of halogens is 1. The summed E-state index contributed by atoms with van der Waals surface area (Å²) in [5, 5.41) is 11.9. The largest absolute Gasteiger partial charge is 0.321 e. The van der Waals surface area contributed by atoms with Gasteiger partial charge in [0, 0.05) is 30.4 Å². The maximum Gasteiger partial charge on any atom is 0.258 e. The Balaban J connectivity index is 1.75. The maximum absolute atomic E-state index is 12.9. The van der Waals surface area contributed by atoms with E-state index in [9.17, 15) is 9.59 Å². The number of nitrogens with one attached hydrogen (secondary N) is 2. The van der Waals surface area contributed by atoms with E-state index in [2.05, 4.69) is 27.3 Å². The maximum atomic E-state index is 12.9. The summed E-state index contributed by atoms with van der Waals surface area (Å²) in [5.41, 5.74) is 2.70. The molecule has 2 N–H and O–H groups in total. The van der Waals surface area contributed by atoms with E-state index in [1.54, 1.807) is 72.0 Å². The van der Waals surface area contributed by atoms with Gasteiger partial charge in [-0.1, -0.05) is 36.4 Å². The molecule has 7 nitrogen and oxygen atoms in total. The smallest absolute Gasteiger partial charge is 0.258 e. The van der Waals surface area contributed by atoms with E-state index in [0.717, 1.165) is 17.7 Å². The zero-order chi connectivity index (χ0) is 23.8. The Morgan fingerprint density at radius 1 is 1.06 bits per heavy atom. The first-order chi connectivity index (χ1) is 15.9. The lowest BCUT2D eigenvalue weighted by Gasteiger charge is -2.12. The van der Waals surface area contributed by atoms with Crippen LogP contribution in [0.1, 0.15) is 38.8 Å². The second-order valence-corrected chi connectivity index (χ2v) is 7.56. The van der Waals surface area contributed by atoms with Crippen LogP contribution in [-0.2, 0) is 0 Å². The molecule has 0 aliphatic heterocycles. The number of nitrogens with zero attached hydrogens (tertiary/aromatic N) is 3. The molecular formula is C25H24ClN5O2. The second-order valence-electron chi connectivity index (χ2n) is 7.12. The van der Waals surface area contributed by atoms with E-state index < -0.39 is 5.91 Å². The normalized spacial score (nSPS) is 10.6. The van der Waals surface area contributed by atoms with Crippen molar-refractivity contribution < 1.29 is 9.59 Å². The molecule has 0 fully saturated rings. The predicted molar refractivity (Wildman–Crippen MR) is 134 cm³/mol. The van der Waals surface area contributed by atoms with Crippen molar-refractivity contribution in [3.05, 3.63) is 94.6 Å². The number of rotatable bonds is 8. The summed E-state index contributed by atoms with van der Waals surface area (Å²) in [4.78, 5) is 29.8. The fraction of sp³-hybridized carbons (Fsp3) is 0.120. The van der Waals surface area contributed by atoms with Crippen LogP contribution in [0.3, 0.4) is 0 Å². The quantitative estimate of drug-likeness (QED) is 0.358. The Morgan fingerprint density at radius 2 is 1.79 bits per heavy atom. The van der Waals surface area contributed by atoms with Crippen LogP contribution in [0.4, 0.5) is 11.5 Å². The molecule has 3 aromatic rings. The van der Waals surface area contributed by atoms with Gasteiger partial charge in [-0.05, 0) is 60.5 Å². The number of carbonyl (C=O) groups is 2. The lowest BCUT2D eigenvalue weighted by molar-refractivity contribution is 0.102. The third-order valence-corrected chi connectivity index (χ3v) is 5.01. The van der Waals surface area contributed by atoms with Crippen LogP contribution in [0.15, 0.2) is 72.5 Å². The van der Waals surface area contributed by atoms with Gasteiger partial charge in [0.25, 0.3) is 11.8 Å². The highest BCUT2D eigenvalue weighted by atomic mass is 35.5. The number of anilines is 2. The SMILES string of the molecule is C=Cc1ccc(NC(=O)c2cc(Cl)ccc2NC(=O)c2ccc(C=NN(C)CC)cc2)nc1. The third-order valence-electron chi connectivity index (χ3n) is 4.77. The molecule has 0 radical (unpaired) electrons. The minimum Gasteiger partial charge on any atom is -0.321 e. The van der Waals surface area contributed by atoms with Gasteiger partial charge in [-0.25, -0.2) is 4.98 Å². The minimum atomic E-state index is -0.446. The van der Waals surface area contributed by atoms with Crippen molar-refractivity contribution in [2.75, 3.05) is 24.2 Å². The summed E-state index contributed by atoms with van der Waals surface area (Å²) in [5.74, 6) is -0.430. The number of aromatic nitrogens is 1. The zero-order valence-electron chi connectivity index (χ0n) is 18.4. The third kappa shape index (κ3) is 6.51. The molecule has 0 atom stereocenters. The molecule has 0 bridgehead atoms. The van der Waals surface area contributed by atoms with E-state index >= 15 is 0 Å². The van der Waals surface area contributed by atoms with Gasteiger partial charge < -0.3 is 15.6 Å². The Kier molecular flexibility index (Phi) is 7.94. The van der Waals surface area contributed by atoms with Gasteiger partial charge in [0.05, 0.1) is 17.5 Å². The molecule has 33 heavy (non-hydrogen) atoms. The number of pyridine rings is 1. The number of carbonyl (C=O) groups excluding carboxylic acids is 2. The molecule has 1 heterocycles. The van der Waals surface area contributed by atoms with Gasteiger partial charge in [-0.15, -0.1) is 0 Å². The minimum absolute atomic E-state index is 0.219. The molecule has 0 spiro atoms. The molecule has 2 aromatic carbocycles. The van der Waals surface area contributed by atoms with Crippen molar-refractivity contribution in [3.8, 4) is 0 Å². The predicted octanol–water partition coefficient (Wildman–Crippen LogP) is 5.17. The monoisotopic (exact) mass is 461 g/mol. The number of benzene rings is 2. The molecule has 0 aliphatic carbocycles. The summed E-state index contributed by atoms with van der Waals surface area (Å²) in [6, 6.07) is 15.1. The van der Waals surface area contributed by atoms with E-state index in [4.69, 9.17) is 11.6 Å². The summed E-state index contributed by atoms with van der Waals surface area (Å²) in [7, 11) is 1.88. The molecule has 2 amide bonds. The second kappa shape index (κ2) is 11.1. The van der Waals surface area contributed by atoms with Gasteiger partial charge in [-0.3, -0.25) is 9.59 Å². The summed E-state index contributed by atoms with van der Waals surface area (Å²) in [6.07, 6.45) is 4.98. The molecule has 8 heteroatoms. The van der Waals surface area contributed by atoms with Crippen LogP contribution in [0.2, 0.25) is 5.02 Å². The van der Waals surface area contributed by atoms with E-state index in [1.807, 2.05) is 14.0 Å². The lowest BCUT2D eigenvalue weighted by Crippen LogP contribution is -2.18.